The molecule has 0 aromatic carbocycles. The van der Waals surface area contributed by atoms with Crippen LogP contribution in [-0.4, -0.2) is 11.7 Å². The average Bonchev–Trinajstić information content (AvgIpc) is 2.47. The largest absolute Gasteiger partial charge is 0.396 e. The van der Waals surface area contributed by atoms with Crippen molar-refractivity contribution in [2.45, 2.75) is 40.0 Å². The monoisotopic (exact) mass is 142 g/mol. The maximum Gasteiger partial charge on any atom is 0.0482 e. The van der Waals surface area contributed by atoms with Crippen molar-refractivity contribution in [1.82, 2.24) is 0 Å². The number of rotatable bonds is 3. The highest BCUT2D eigenvalue weighted by Crippen LogP contribution is 2.52. The van der Waals surface area contributed by atoms with Crippen LogP contribution < -0.4 is 0 Å². The van der Waals surface area contributed by atoms with Gasteiger partial charge in [0, 0.05) is 6.61 Å². The van der Waals surface area contributed by atoms with Crippen LogP contribution in [0.25, 0.3) is 0 Å². The first kappa shape index (κ1) is 8.06. The SMILES string of the molecule is CC(C)(CO)CC1(C)CC1. The Labute approximate surface area is 63.4 Å². The number of aliphatic hydroxyl groups excluding tert-OH is 1. The van der Waals surface area contributed by atoms with Crippen molar-refractivity contribution < 1.29 is 5.11 Å². The normalized spacial score (nSPS) is 22.8. The molecule has 1 rings (SSSR count). The van der Waals surface area contributed by atoms with Crippen LogP contribution in [0.4, 0.5) is 0 Å². The second-order valence-electron chi connectivity index (χ2n) is 4.81. The molecule has 1 N–H and O–H groups in total. The Morgan fingerprint density at radius 1 is 1.40 bits per heavy atom. The van der Waals surface area contributed by atoms with E-state index in [4.69, 9.17) is 5.11 Å². The lowest BCUT2D eigenvalue weighted by Crippen LogP contribution is -2.20. The summed E-state index contributed by atoms with van der Waals surface area (Å²) >= 11 is 0. The Bertz CT molecular complexity index is 123. The minimum atomic E-state index is 0.144. The number of hydrogen-bond donors (Lipinski definition) is 1. The number of hydrogen-bond acceptors (Lipinski definition) is 1. The van der Waals surface area contributed by atoms with Gasteiger partial charge >= 0.3 is 0 Å². The number of aliphatic hydroxyl groups is 1. The summed E-state index contributed by atoms with van der Waals surface area (Å²) in [5.41, 5.74) is 0.720. The van der Waals surface area contributed by atoms with E-state index >= 15 is 0 Å². The molecule has 10 heavy (non-hydrogen) atoms. The predicted octanol–water partition coefficient (Wildman–Crippen LogP) is 2.20. The lowest BCUT2D eigenvalue weighted by molar-refractivity contribution is 0.128. The highest BCUT2D eigenvalue weighted by molar-refractivity contribution is 4.92. The molecule has 0 spiro atoms. The van der Waals surface area contributed by atoms with Crippen LogP contribution in [0.2, 0.25) is 0 Å². The second kappa shape index (κ2) is 2.23. The van der Waals surface area contributed by atoms with Gasteiger partial charge in [0.1, 0.15) is 0 Å². The zero-order valence-electron chi connectivity index (χ0n) is 7.28. The Kier molecular flexibility index (Phi) is 1.80. The first-order valence-corrected chi connectivity index (χ1v) is 4.08. The van der Waals surface area contributed by atoms with Gasteiger partial charge in [-0.15, -0.1) is 0 Å². The quantitative estimate of drug-likeness (QED) is 0.640. The third-order valence-electron chi connectivity index (χ3n) is 2.44. The molecule has 0 unspecified atom stereocenters. The molecular weight excluding hydrogens is 124 g/mol. The van der Waals surface area contributed by atoms with Gasteiger partial charge in [0.05, 0.1) is 0 Å². The fraction of sp³-hybridized carbons (Fsp3) is 1.00. The summed E-state index contributed by atoms with van der Waals surface area (Å²) in [6.45, 7) is 6.90. The van der Waals surface area contributed by atoms with Crippen molar-refractivity contribution in [3.63, 3.8) is 0 Å². The highest BCUT2D eigenvalue weighted by Gasteiger charge is 2.41. The summed E-state index contributed by atoms with van der Waals surface area (Å²) in [5.74, 6) is 0. The van der Waals surface area contributed by atoms with Gasteiger partial charge < -0.3 is 5.11 Å². The molecule has 1 fully saturated rings. The molecule has 0 aliphatic heterocycles. The van der Waals surface area contributed by atoms with Gasteiger partial charge in [0.25, 0.3) is 0 Å². The van der Waals surface area contributed by atoms with Crippen molar-refractivity contribution in [2.24, 2.45) is 10.8 Å². The first-order valence-electron chi connectivity index (χ1n) is 4.08. The van der Waals surface area contributed by atoms with Crippen LogP contribution in [0.5, 0.6) is 0 Å². The molecule has 0 aromatic rings. The summed E-state index contributed by atoms with van der Waals surface area (Å²) in [6, 6.07) is 0. The topological polar surface area (TPSA) is 20.2 Å². The average molecular weight is 142 g/mol. The van der Waals surface area contributed by atoms with Crippen molar-refractivity contribution in [3.05, 3.63) is 0 Å². The smallest absolute Gasteiger partial charge is 0.0482 e. The Morgan fingerprint density at radius 3 is 2.20 bits per heavy atom. The van der Waals surface area contributed by atoms with Gasteiger partial charge in [-0.2, -0.15) is 0 Å². The molecule has 60 valence electrons. The Hall–Kier alpha value is -0.0400. The van der Waals surface area contributed by atoms with E-state index in [1.807, 2.05) is 0 Å². The minimum absolute atomic E-state index is 0.144. The van der Waals surface area contributed by atoms with Gasteiger partial charge in [0.2, 0.25) is 0 Å². The lowest BCUT2D eigenvalue weighted by Gasteiger charge is -2.25. The molecular formula is C9H18O. The molecule has 0 heterocycles. The fourth-order valence-corrected chi connectivity index (χ4v) is 1.60. The second-order valence-corrected chi connectivity index (χ2v) is 4.81. The molecule has 1 heteroatoms. The predicted molar refractivity (Wildman–Crippen MR) is 42.8 cm³/mol. The molecule has 0 atom stereocenters. The van der Waals surface area contributed by atoms with Crippen molar-refractivity contribution in [2.75, 3.05) is 6.61 Å². The molecule has 1 saturated carbocycles. The van der Waals surface area contributed by atoms with Gasteiger partial charge in [-0.3, -0.25) is 0 Å². The molecule has 1 aliphatic carbocycles. The van der Waals surface area contributed by atoms with E-state index in [1.165, 1.54) is 19.3 Å². The van der Waals surface area contributed by atoms with Crippen LogP contribution in [0, 0.1) is 10.8 Å². The first-order chi connectivity index (χ1) is 4.47. The van der Waals surface area contributed by atoms with Crippen LogP contribution in [0.1, 0.15) is 40.0 Å². The van der Waals surface area contributed by atoms with E-state index in [2.05, 4.69) is 20.8 Å². The third kappa shape index (κ3) is 1.98. The van der Waals surface area contributed by atoms with E-state index in [9.17, 15) is 0 Å². The zero-order valence-corrected chi connectivity index (χ0v) is 7.28. The summed E-state index contributed by atoms with van der Waals surface area (Å²) < 4.78 is 0. The standard InChI is InChI=1S/C9H18O/c1-8(2,7-10)6-9(3)4-5-9/h10H,4-7H2,1-3H3. The molecule has 0 amide bonds. The fourth-order valence-electron chi connectivity index (χ4n) is 1.60. The van der Waals surface area contributed by atoms with Crippen LogP contribution in [-0.2, 0) is 0 Å². The third-order valence-corrected chi connectivity index (χ3v) is 2.44. The molecule has 0 bridgehead atoms. The van der Waals surface area contributed by atoms with Crippen molar-refractivity contribution in [1.29, 1.82) is 0 Å². The van der Waals surface area contributed by atoms with Crippen molar-refractivity contribution >= 4 is 0 Å². The molecule has 0 radical (unpaired) electrons. The van der Waals surface area contributed by atoms with E-state index in [-0.39, 0.29) is 5.41 Å². The maximum absolute atomic E-state index is 8.99. The molecule has 1 nitrogen and oxygen atoms in total. The van der Waals surface area contributed by atoms with E-state index < -0.39 is 0 Å². The summed E-state index contributed by atoms with van der Waals surface area (Å²) in [6.07, 6.45) is 3.89. The Morgan fingerprint density at radius 2 is 1.90 bits per heavy atom. The summed E-state index contributed by atoms with van der Waals surface area (Å²) in [4.78, 5) is 0. The van der Waals surface area contributed by atoms with Crippen LogP contribution in [0.15, 0.2) is 0 Å². The van der Waals surface area contributed by atoms with Crippen LogP contribution in [0.3, 0.4) is 0 Å². The maximum atomic E-state index is 8.99. The lowest BCUT2D eigenvalue weighted by atomic mass is 9.82. The van der Waals surface area contributed by atoms with Gasteiger partial charge in [-0.25, -0.2) is 0 Å². The van der Waals surface area contributed by atoms with Crippen molar-refractivity contribution in [3.8, 4) is 0 Å². The molecule has 0 aromatic heterocycles. The van der Waals surface area contributed by atoms with Crippen LogP contribution >= 0.6 is 0 Å². The molecule has 1 aliphatic rings. The van der Waals surface area contributed by atoms with E-state index in [0.717, 1.165) is 0 Å². The molecule has 0 saturated heterocycles. The summed E-state index contributed by atoms with van der Waals surface area (Å²) in [5, 5.41) is 8.99. The van der Waals surface area contributed by atoms with Gasteiger partial charge in [-0.1, -0.05) is 20.8 Å². The van der Waals surface area contributed by atoms with Gasteiger partial charge in [-0.05, 0) is 30.1 Å². The minimum Gasteiger partial charge on any atom is -0.396 e. The van der Waals surface area contributed by atoms with E-state index in [1.54, 1.807) is 0 Å². The van der Waals surface area contributed by atoms with E-state index in [0.29, 0.717) is 12.0 Å². The van der Waals surface area contributed by atoms with Gasteiger partial charge in [0.15, 0.2) is 0 Å². The highest BCUT2D eigenvalue weighted by atomic mass is 16.3. The zero-order chi connectivity index (χ0) is 7.83. The Balaban J connectivity index is 2.36. The summed E-state index contributed by atoms with van der Waals surface area (Å²) in [7, 11) is 0.